The first-order chi connectivity index (χ1) is 18.1. The van der Waals surface area contributed by atoms with Crippen molar-refractivity contribution in [1.29, 1.82) is 0 Å². The van der Waals surface area contributed by atoms with E-state index in [0.29, 0.717) is 43.3 Å². The molecule has 0 radical (unpaired) electrons. The molecule has 200 valence electrons. The maximum Gasteiger partial charge on any atom is 0.260 e. The van der Waals surface area contributed by atoms with E-state index in [4.69, 9.17) is 14.2 Å². The van der Waals surface area contributed by atoms with Crippen LogP contribution in [0.2, 0.25) is 0 Å². The number of ether oxygens (including phenoxy) is 3. The molecule has 2 atom stereocenters. The standard InChI is InChI=1S/C30H40N2O5/c1-3-31-18-12-6-4-5-7-13-19-35-27-20-32(29(33)22-36-25-16-10-8-14-23(25)2)21-28(27)37-26-17-11-9-15-24(26)30(31)34/h8-11,14-17,27-28H,3-7,12-13,18-22H2,1-2H3/t27-,28-/m1/s1. The average Bonchev–Trinajstić information content (AvgIpc) is 3.31. The van der Waals surface area contributed by atoms with Gasteiger partial charge in [0.05, 0.1) is 18.7 Å². The fraction of sp³-hybridized carbons (Fsp3) is 0.533. The fourth-order valence-corrected chi connectivity index (χ4v) is 5.00. The summed E-state index contributed by atoms with van der Waals surface area (Å²) >= 11 is 0. The first kappa shape index (κ1) is 27.0. The predicted molar refractivity (Wildman–Crippen MR) is 143 cm³/mol. The summed E-state index contributed by atoms with van der Waals surface area (Å²) in [5, 5.41) is 0. The van der Waals surface area contributed by atoms with E-state index in [-0.39, 0.29) is 30.6 Å². The van der Waals surface area contributed by atoms with Gasteiger partial charge in [0.25, 0.3) is 11.8 Å². The molecule has 4 rings (SSSR count). The summed E-state index contributed by atoms with van der Waals surface area (Å²) in [5.41, 5.74) is 1.55. The van der Waals surface area contributed by atoms with Crippen LogP contribution in [0.15, 0.2) is 48.5 Å². The maximum absolute atomic E-state index is 13.4. The summed E-state index contributed by atoms with van der Waals surface area (Å²) in [6.07, 6.45) is 5.94. The summed E-state index contributed by atoms with van der Waals surface area (Å²) < 4.78 is 18.5. The first-order valence-electron chi connectivity index (χ1n) is 13.7. The topological polar surface area (TPSA) is 68.3 Å². The van der Waals surface area contributed by atoms with Gasteiger partial charge in [0.15, 0.2) is 6.61 Å². The van der Waals surface area contributed by atoms with Crippen molar-refractivity contribution >= 4 is 11.8 Å². The normalized spacial score (nSPS) is 21.6. The Hall–Kier alpha value is -3.06. The van der Waals surface area contributed by atoms with Gasteiger partial charge in [0.2, 0.25) is 0 Å². The Morgan fingerprint density at radius 1 is 0.946 bits per heavy atom. The number of carbonyl (C=O) groups is 2. The minimum atomic E-state index is -0.362. The lowest BCUT2D eigenvalue weighted by atomic mass is 10.1. The Kier molecular flexibility index (Phi) is 9.83. The van der Waals surface area contributed by atoms with Gasteiger partial charge < -0.3 is 24.0 Å². The molecule has 2 aromatic rings. The molecule has 2 heterocycles. The highest BCUT2D eigenvalue weighted by Crippen LogP contribution is 2.27. The molecule has 37 heavy (non-hydrogen) atoms. The second kappa shape index (κ2) is 13.5. The molecule has 0 spiro atoms. The van der Waals surface area contributed by atoms with Gasteiger partial charge in [-0.05, 0) is 50.5 Å². The van der Waals surface area contributed by atoms with Crippen LogP contribution in [-0.4, -0.2) is 73.2 Å². The van der Waals surface area contributed by atoms with Crippen molar-refractivity contribution in [2.45, 2.75) is 64.6 Å². The minimum absolute atomic E-state index is 0.0137. The van der Waals surface area contributed by atoms with Crippen molar-refractivity contribution in [3.05, 3.63) is 59.7 Å². The highest BCUT2D eigenvalue weighted by molar-refractivity contribution is 5.97. The molecule has 2 aliphatic heterocycles. The van der Waals surface area contributed by atoms with Crippen LogP contribution in [-0.2, 0) is 9.53 Å². The van der Waals surface area contributed by atoms with E-state index in [1.807, 2.05) is 67.3 Å². The molecule has 0 unspecified atom stereocenters. The second-order valence-electron chi connectivity index (χ2n) is 9.92. The summed E-state index contributed by atoms with van der Waals surface area (Å²) in [6, 6.07) is 15.1. The van der Waals surface area contributed by atoms with E-state index >= 15 is 0 Å². The average molecular weight is 509 g/mol. The van der Waals surface area contributed by atoms with Crippen molar-refractivity contribution in [3.63, 3.8) is 0 Å². The zero-order chi connectivity index (χ0) is 26.0. The monoisotopic (exact) mass is 508 g/mol. The van der Waals surface area contributed by atoms with E-state index in [2.05, 4.69) is 0 Å². The zero-order valence-corrected chi connectivity index (χ0v) is 22.2. The van der Waals surface area contributed by atoms with Gasteiger partial charge in [0, 0.05) is 19.7 Å². The van der Waals surface area contributed by atoms with Crippen LogP contribution < -0.4 is 9.47 Å². The number of carbonyl (C=O) groups excluding carboxylic acids is 2. The van der Waals surface area contributed by atoms with Crippen molar-refractivity contribution in [1.82, 2.24) is 9.80 Å². The minimum Gasteiger partial charge on any atom is -0.485 e. The van der Waals surface area contributed by atoms with Crippen molar-refractivity contribution in [2.75, 3.05) is 39.4 Å². The van der Waals surface area contributed by atoms with Gasteiger partial charge in [-0.2, -0.15) is 0 Å². The van der Waals surface area contributed by atoms with Crippen LogP contribution in [0.1, 0.15) is 61.4 Å². The SMILES string of the molecule is CCN1CCCCCCCCO[C@@H]2CN(C(=O)COc3ccccc3C)C[C@H]2Oc2ccccc2C1=O. The molecular formula is C30H40N2O5. The van der Waals surface area contributed by atoms with Crippen LogP contribution in [0, 0.1) is 6.92 Å². The number of likely N-dealkylation sites (tertiary alicyclic amines) is 1. The highest BCUT2D eigenvalue weighted by Gasteiger charge is 2.38. The molecule has 0 saturated carbocycles. The van der Waals surface area contributed by atoms with Gasteiger partial charge in [-0.15, -0.1) is 0 Å². The van der Waals surface area contributed by atoms with Crippen LogP contribution in [0.5, 0.6) is 11.5 Å². The van der Waals surface area contributed by atoms with Gasteiger partial charge in [-0.25, -0.2) is 0 Å². The van der Waals surface area contributed by atoms with Crippen LogP contribution in [0.3, 0.4) is 0 Å². The number of hydrogen-bond acceptors (Lipinski definition) is 5. The zero-order valence-electron chi connectivity index (χ0n) is 22.2. The van der Waals surface area contributed by atoms with Crippen molar-refractivity contribution in [2.24, 2.45) is 0 Å². The number of para-hydroxylation sites is 2. The third kappa shape index (κ3) is 7.25. The molecule has 1 fully saturated rings. The number of rotatable bonds is 4. The summed E-state index contributed by atoms with van der Waals surface area (Å²) in [7, 11) is 0. The molecule has 0 aliphatic carbocycles. The molecule has 7 heteroatoms. The van der Waals surface area contributed by atoms with Crippen LogP contribution in [0.25, 0.3) is 0 Å². The lowest BCUT2D eigenvalue weighted by Gasteiger charge is -2.25. The lowest BCUT2D eigenvalue weighted by molar-refractivity contribution is -0.132. The number of nitrogens with zero attached hydrogens (tertiary/aromatic N) is 2. The number of benzene rings is 2. The largest absolute Gasteiger partial charge is 0.485 e. The number of aryl methyl sites for hydroxylation is 1. The third-order valence-electron chi connectivity index (χ3n) is 7.23. The molecule has 1 saturated heterocycles. The molecule has 2 aromatic carbocycles. The Balaban J connectivity index is 1.49. The van der Waals surface area contributed by atoms with Gasteiger partial charge in [0.1, 0.15) is 23.7 Å². The lowest BCUT2D eigenvalue weighted by Crippen LogP contribution is -2.35. The molecule has 0 aromatic heterocycles. The summed E-state index contributed by atoms with van der Waals surface area (Å²) in [6.45, 7) is 6.82. The quantitative estimate of drug-likeness (QED) is 0.590. The second-order valence-corrected chi connectivity index (χ2v) is 9.92. The molecule has 2 amide bonds. The summed E-state index contributed by atoms with van der Waals surface area (Å²) in [4.78, 5) is 30.1. The maximum atomic E-state index is 13.4. The van der Waals surface area contributed by atoms with Crippen molar-refractivity contribution in [3.8, 4) is 11.5 Å². The molecule has 7 nitrogen and oxygen atoms in total. The van der Waals surface area contributed by atoms with E-state index in [1.165, 1.54) is 6.42 Å². The third-order valence-corrected chi connectivity index (χ3v) is 7.23. The molecule has 2 aliphatic rings. The first-order valence-corrected chi connectivity index (χ1v) is 13.7. The van der Waals surface area contributed by atoms with Crippen LogP contribution in [0.4, 0.5) is 0 Å². The van der Waals surface area contributed by atoms with E-state index in [0.717, 1.165) is 44.2 Å². The Morgan fingerprint density at radius 3 is 2.46 bits per heavy atom. The van der Waals surface area contributed by atoms with Gasteiger partial charge in [-0.1, -0.05) is 56.0 Å². The van der Waals surface area contributed by atoms with Crippen molar-refractivity contribution < 1.29 is 23.8 Å². The van der Waals surface area contributed by atoms with E-state index in [1.54, 1.807) is 4.90 Å². The van der Waals surface area contributed by atoms with E-state index < -0.39 is 0 Å². The smallest absolute Gasteiger partial charge is 0.260 e. The summed E-state index contributed by atoms with van der Waals surface area (Å²) in [5.74, 6) is 1.14. The number of hydrogen-bond donors (Lipinski definition) is 0. The molecule has 0 N–H and O–H groups in total. The fourth-order valence-electron chi connectivity index (χ4n) is 5.00. The predicted octanol–water partition coefficient (Wildman–Crippen LogP) is 4.87. The number of fused-ring (bicyclic) bond motifs is 2. The Bertz CT molecular complexity index is 1040. The van der Waals surface area contributed by atoms with E-state index in [9.17, 15) is 9.59 Å². The molecule has 0 bridgehead atoms. The highest BCUT2D eigenvalue weighted by atomic mass is 16.5. The number of amides is 2. The Morgan fingerprint density at radius 2 is 1.65 bits per heavy atom. The van der Waals surface area contributed by atoms with Gasteiger partial charge >= 0.3 is 0 Å². The Labute approximate surface area is 220 Å². The van der Waals surface area contributed by atoms with Gasteiger partial charge in [-0.3, -0.25) is 9.59 Å². The molecular weight excluding hydrogens is 468 g/mol. The van der Waals surface area contributed by atoms with Crippen LogP contribution >= 0.6 is 0 Å².